The first-order valence-corrected chi connectivity index (χ1v) is 10.3. The summed E-state index contributed by atoms with van der Waals surface area (Å²) >= 11 is 0. The van der Waals surface area contributed by atoms with Gasteiger partial charge in [-0.05, 0) is 48.6 Å². The molecule has 2 atom stereocenters. The third kappa shape index (κ3) is 4.13. The molecule has 1 aliphatic rings. The molecule has 0 aliphatic carbocycles. The quantitative estimate of drug-likeness (QED) is 0.637. The second-order valence-electron chi connectivity index (χ2n) is 7.87. The summed E-state index contributed by atoms with van der Waals surface area (Å²) in [6, 6.07) is 5.92. The Morgan fingerprint density at radius 3 is 2.93 bits per heavy atom. The summed E-state index contributed by atoms with van der Waals surface area (Å²) in [5.41, 5.74) is 2.28. The van der Waals surface area contributed by atoms with E-state index >= 15 is 0 Å². The van der Waals surface area contributed by atoms with Crippen LogP contribution in [0.3, 0.4) is 0 Å². The van der Waals surface area contributed by atoms with E-state index in [0.29, 0.717) is 30.2 Å². The standard InChI is InChI=1S/C22H25F2N5O/c1-3-4-14(2)15-9-16-12-29(27-21(16)25-11-15)20-10-18(5-6-19(20)24)26-22(30)28-8-7-17(23)13-28/h5-6,9-12,14,17H,3-4,7-8,13H2,1-2H3,(H,26,30)/t14?,17-/m1/s1. The zero-order valence-corrected chi connectivity index (χ0v) is 17.1. The van der Waals surface area contributed by atoms with Gasteiger partial charge in [-0.25, -0.2) is 23.2 Å². The molecule has 0 saturated carbocycles. The number of nitrogens with zero attached hydrogens (tertiary/aromatic N) is 4. The summed E-state index contributed by atoms with van der Waals surface area (Å²) in [6.45, 7) is 4.76. The second kappa shape index (κ2) is 8.38. The van der Waals surface area contributed by atoms with Crippen LogP contribution in [0.2, 0.25) is 0 Å². The molecule has 1 fully saturated rings. The van der Waals surface area contributed by atoms with Crippen molar-refractivity contribution in [3.8, 4) is 5.69 Å². The predicted octanol–water partition coefficient (Wildman–Crippen LogP) is 5.04. The van der Waals surface area contributed by atoms with E-state index < -0.39 is 18.0 Å². The highest BCUT2D eigenvalue weighted by molar-refractivity contribution is 5.90. The van der Waals surface area contributed by atoms with Crippen molar-refractivity contribution in [1.29, 1.82) is 0 Å². The number of amides is 2. The van der Waals surface area contributed by atoms with Crippen LogP contribution in [0.25, 0.3) is 16.7 Å². The highest BCUT2D eigenvalue weighted by Gasteiger charge is 2.26. The Balaban J connectivity index is 1.59. The average Bonchev–Trinajstić information content (AvgIpc) is 3.35. The van der Waals surface area contributed by atoms with Crippen molar-refractivity contribution in [3.63, 3.8) is 0 Å². The summed E-state index contributed by atoms with van der Waals surface area (Å²) in [5, 5.41) is 7.93. The number of fused-ring (bicyclic) bond motifs is 1. The number of rotatable bonds is 5. The minimum absolute atomic E-state index is 0.0783. The zero-order chi connectivity index (χ0) is 21.3. The molecule has 30 heavy (non-hydrogen) atoms. The van der Waals surface area contributed by atoms with E-state index in [1.54, 1.807) is 6.20 Å². The lowest BCUT2D eigenvalue weighted by Crippen LogP contribution is -2.33. The van der Waals surface area contributed by atoms with Crippen molar-refractivity contribution < 1.29 is 13.6 Å². The monoisotopic (exact) mass is 413 g/mol. The van der Waals surface area contributed by atoms with Crippen molar-refractivity contribution in [3.05, 3.63) is 48.0 Å². The van der Waals surface area contributed by atoms with Crippen LogP contribution >= 0.6 is 0 Å². The van der Waals surface area contributed by atoms with Gasteiger partial charge in [-0.2, -0.15) is 0 Å². The number of carbonyl (C=O) groups excluding carboxylic acids is 1. The molecule has 3 aromatic rings. The number of nitrogens with one attached hydrogen (secondary N) is 1. The Morgan fingerprint density at radius 2 is 2.20 bits per heavy atom. The van der Waals surface area contributed by atoms with Crippen LogP contribution in [0.4, 0.5) is 19.3 Å². The minimum Gasteiger partial charge on any atom is -0.322 e. The topological polar surface area (TPSA) is 63.1 Å². The zero-order valence-electron chi connectivity index (χ0n) is 17.1. The van der Waals surface area contributed by atoms with Crippen molar-refractivity contribution >= 4 is 22.8 Å². The van der Waals surface area contributed by atoms with Gasteiger partial charge in [0, 0.05) is 30.0 Å². The fourth-order valence-electron chi connectivity index (χ4n) is 3.80. The SMILES string of the molecule is CCCC(C)c1cnc2nn(-c3cc(NC(=O)N4CC[C@@H](F)C4)ccc3F)cc2c1. The Bertz CT molecular complexity index is 1070. The number of halogens is 2. The average molecular weight is 413 g/mol. The van der Waals surface area contributed by atoms with Crippen LogP contribution in [0.5, 0.6) is 0 Å². The third-order valence-corrected chi connectivity index (χ3v) is 5.53. The molecule has 1 aliphatic heterocycles. The van der Waals surface area contributed by atoms with Crippen LogP contribution in [0.1, 0.15) is 44.6 Å². The van der Waals surface area contributed by atoms with E-state index in [0.717, 1.165) is 23.8 Å². The van der Waals surface area contributed by atoms with Crippen LogP contribution in [-0.4, -0.2) is 45.0 Å². The molecule has 0 spiro atoms. The maximum Gasteiger partial charge on any atom is 0.321 e. The van der Waals surface area contributed by atoms with Crippen LogP contribution in [0, 0.1) is 5.82 Å². The number of aromatic nitrogens is 3. The van der Waals surface area contributed by atoms with Gasteiger partial charge in [0.2, 0.25) is 0 Å². The molecular formula is C22H25F2N5O. The van der Waals surface area contributed by atoms with E-state index in [1.807, 2.05) is 12.3 Å². The summed E-state index contributed by atoms with van der Waals surface area (Å²) in [7, 11) is 0. The number of anilines is 1. The van der Waals surface area contributed by atoms with Gasteiger partial charge in [0.25, 0.3) is 0 Å². The molecule has 3 heterocycles. The predicted molar refractivity (Wildman–Crippen MR) is 112 cm³/mol. The third-order valence-electron chi connectivity index (χ3n) is 5.53. The van der Waals surface area contributed by atoms with Crippen molar-refractivity contribution in [1.82, 2.24) is 19.7 Å². The van der Waals surface area contributed by atoms with E-state index in [9.17, 15) is 13.6 Å². The van der Waals surface area contributed by atoms with Crippen molar-refractivity contribution in [2.75, 3.05) is 18.4 Å². The van der Waals surface area contributed by atoms with Gasteiger partial charge in [-0.3, -0.25) is 0 Å². The number of hydrogen-bond acceptors (Lipinski definition) is 3. The first-order chi connectivity index (χ1) is 14.4. The van der Waals surface area contributed by atoms with E-state index in [4.69, 9.17) is 0 Å². The first kappa shape index (κ1) is 20.3. The van der Waals surface area contributed by atoms with Crippen molar-refractivity contribution in [2.24, 2.45) is 0 Å². The maximum atomic E-state index is 14.5. The molecule has 0 bridgehead atoms. The van der Waals surface area contributed by atoms with Gasteiger partial charge in [-0.1, -0.05) is 20.3 Å². The van der Waals surface area contributed by atoms with Crippen LogP contribution in [-0.2, 0) is 0 Å². The molecule has 4 rings (SSSR count). The Kier molecular flexibility index (Phi) is 5.65. The van der Waals surface area contributed by atoms with Gasteiger partial charge < -0.3 is 10.2 Å². The summed E-state index contributed by atoms with van der Waals surface area (Å²) in [5.74, 6) is -0.0783. The fraction of sp³-hybridized carbons (Fsp3) is 0.409. The lowest BCUT2D eigenvalue weighted by atomic mass is 9.98. The molecule has 8 heteroatoms. The molecule has 1 aromatic carbocycles. The summed E-state index contributed by atoms with van der Waals surface area (Å²) < 4.78 is 29.3. The number of carbonyl (C=O) groups is 1. The van der Waals surface area contributed by atoms with Crippen LogP contribution < -0.4 is 5.32 Å². The second-order valence-corrected chi connectivity index (χ2v) is 7.87. The van der Waals surface area contributed by atoms with E-state index in [1.165, 1.54) is 27.8 Å². The maximum absolute atomic E-state index is 14.5. The van der Waals surface area contributed by atoms with E-state index in [-0.39, 0.29) is 12.2 Å². The number of urea groups is 1. The van der Waals surface area contributed by atoms with Gasteiger partial charge in [0.15, 0.2) is 5.65 Å². The van der Waals surface area contributed by atoms with Gasteiger partial charge in [0.05, 0.1) is 6.54 Å². The Labute approximate surface area is 173 Å². The minimum atomic E-state index is -0.992. The molecule has 0 radical (unpaired) electrons. The number of pyridine rings is 1. The largest absolute Gasteiger partial charge is 0.322 e. The van der Waals surface area contributed by atoms with E-state index in [2.05, 4.69) is 29.2 Å². The molecule has 1 saturated heterocycles. The number of benzene rings is 1. The molecule has 2 aromatic heterocycles. The number of alkyl halides is 1. The molecule has 6 nitrogen and oxygen atoms in total. The smallest absolute Gasteiger partial charge is 0.321 e. The van der Waals surface area contributed by atoms with Gasteiger partial charge >= 0.3 is 6.03 Å². The highest BCUT2D eigenvalue weighted by Crippen LogP contribution is 2.25. The Hall–Kier alpha value is -3.03. The van der Waals surface area contributed by atoms with Crippen molar-refractivity contribution in [2.45, 2.75) is 45.2 Å². The summed E-state index contributed by atoms with van der Waals surface area (Å²) in [4.78, 5) is 18.2. The molecular weight excluding hydrogens is 388 g/mol. The lowest BCUT2D eigenvalue weighted by molar-refractivity contribution is 0.218. The molecule has 1 unspecified atom stereocenters. The molecule has 2 amide bonds. The number of likely N-dealkylation sites (tertiary alicyclic amines) is 1. The lowest BCUT2D eigenvalue weighted by Gasteiger charge is -2.16. The highest BCUT2D eigenvalue weighted by atomic mass is 19.1. The summed E-state index contributed by atoms with van der Waals surface area (Å²) in [6.07, 6.45) is 5.06. The fourth-order valence-corrected chi connectivity index (χ4v) is 3.80. The number of hydrogen-bond donors (Lipinski definition) is 1. The molecule has 158 valence electrons. The Morgan fingerprint density at radius 1 is 1.37 bits per heavy atom. The van der Waals surface area contributed by atoms with Gasteiger partial charge in [-0.15, -0.1) is 5.10 Å². The first-order valence-electron chi connectivity index (χ1n) is 10.3. The molecule has 1 N–H and O–H groups in total. The van der Waals surface area contributed by atoms with Crippen LogP contribution in [0.15, 0.2) is 36.7 Å². The van der Waals surface area contributed by atoms with Gasteiger partial charge in [0.1, 0.15) is 17.7 Å². The normalized spacial score (nSPS) is 17.5.